The number of nitrogens with one attached hydrogen (secondary N) is 6. The Morgan fingerprint density at radius 2 is 0.854 bits per heavy atom. The van der Waals surface area contributed by atoms with Crippen molar-refractivity contribution in [2.24, 2.45) is 0 Å². The molecule has 0 spiro atoms. The molecule has 6 N–H and O–H groups in total. The Balaban J connectivity index is 0.000000165. The van der Waals surface area contributed by atoms with Crippen LogP contribution in [-0.4, -0.2) is 138 Å². The summed E-state index contributed by atoms with van der Waals surface area (Å²) >= 11 is 3.37. The number of carbonyl (C=O) groups is 9. The fraction of sp³-hybridized carbons (Fsp3) is 0.562. The van der Waals surface area contributed by atoms with Gasteiger partial charge in [-0.15, -0.1) is 0 Å². The standard InChI is InChI=1S/C22H29N3O3.C22H27N3O3.C15H28BNO2.C13H11BrN2O3.CH3.Pd/c2*1-21(2)10-15(11-22(3,4)24-21)13-5-6-16-14(9-13)12-25(20(16)28)17-7-8-18(26)23-19(17)27;1-12(2)9-11(10-13(3,4)17-12)16-18-14(5,6)15(7,8)19-16;14-8-1-2-9-7(5-8)6-16(13(9)19)10-3-4-11(17)15-12(10)18;;/h5-6,9,15,17,24H,7-8,10-12H2,1-4H3,(H,23,26,27);5-6,9-10,17,24H,7-8,11-12H2,1-4H3,(H,23,26,27);9,17H,10H2,1-8H3;1-2,5,10H,3-4,6H2,(H,15,17,18);1H3;/q;;;;-1;. The third-order valence-electron chi connectivity index (χ3n) is 19.8. The number of nitrogens with zero attached hydrogens (tertiary/aromatic N) is 3. The number of halogens is 1. The summed E-state index contributed by atoms with van der Waals surface area (Å²) in [5.41, 5.74) is 9.22. The van der Waals surface area contributed by atoms with Gasteiger partial charge in [0.2, 0.25) is 35.4 Å². The molecule has 3 aromatic carbocycles. The largest absolute Gasteiger partial charge is 0.490 e. The molecule has 96 heavy (non-hydrogen) atoms. The SMILES string of the molecule is CC1(C)C=C(B2OC(C)(C)C(C)(C)O2)CC(C)(C)N1.CC1(C)C=C(c2ccc3c(c2)CN(C2CCC(=O)NC2=O)C3=O)CC(C)(C)N1.CC1(C)CC(c2ccc3c(c2)CN(C2CCC(=O)NC2=O)C3=O)CC(C)(C)N1.O=C1CCC(N2Cc3cc(Br)ccc3C2=O)C(=O)N1.[CH3-].[Pd]. The number of amides is 9. The summed E-state index contributed by atoms with van der Waals surface area (Å²) in [6.07, 6.45) is 10.5. The van der Waals surface area contributed by atoms with E-state index in [-0.39, 0.29) is 152 Å². The molecule has 3 unspecified atom stereocenters. The molecule has 522 valence electrons. The molecule has 3 atom stereocenters. The zero-order chi connectivity index (χ0) is 68.8. The van der Waals surface area contributed by atoms with E-state index in [4.69, 9.17) is 9.31 Å². The van der Waals surface area contributed by atoms with Gasteiger partial charge < -0.3 is 47.4 Å². The van der Waals surface area contributed by atoms with E-state index in [1.54, 1.807) is 20.8 Å². The summed E-state index contributed by atoms with van der Waals surface area (Å²) < 4.78 is 13.3. The Morgan fingerprint density at radius 3 is 1.27 bits per heavy atom. The Morgan fingerprint density at radius 1 is 0.469 bits per heavy atom. The number of imide groups is 3. The van der Waals surface area contributed by atoms with Gasteiger partial charge in [-0.1, -0.05) is 46.3 Å². The normalized spacial score (nSPS) is 26.1. The minimum Gasteiger partial charge on any atom is -0.400 e. The van der Waals surface area contributed by atoms with Crippen LogP contribution in [0.5, 0.6) is 0 Å². The van der Waals surface area contributed by atoms with Gasteiger partial charge in [-0.3, -0.25) is 59.1 Å². The molecule has 0 aliphatic carbocycles. The van der Waals surface area contributed by atoms with Gasteiger partial charge in [-0.2, -0.15) is 0 Å². The van der Waals surface area contributed by atoms with Crippen molar-refractivity contribution in [3.05, 3.63) is 129 Å². The molecule has 0 saturated carbocycles. The van der Waals surface area contributed by atoms with Gasteiger partial charge in [-0.25, -0.2) is 0 Å². The molecular formula is C73H98BBrN9O11Pd-. The Bertz CT molecular complexity index is 3690. The maximum absolute atomic E-state index is 12.9. The fourth-order valence-corrected chi connectivity index (χ4v) is 16.4. The second kappa shape index (κ2) is 27.6. The van der Waals surface area contributed by atoms with Gasteiger partial charge in [0.15, 0.2) is 0 Å². The van der Waals surface area contributed by atoms with Crippen LogP contribution < -0.4 is 31.9 Å². The van der Waals surface area contributed by atoms with Crippen LogP contribution in [0.15, 0.2) is 76.7 Å². The average molecular weight is 1470 g/mol. The summed E-state index contributed by atoms with van der Waals surface area (Å²) in [5.74, 6) is -1.86. The van der Waals surface area contributed by atoms with E-state index in [9.17, 15) is 43.2 Å². The number of carbonyl (C=O) groups excluding carboxylic acids is 9. The first-order valence-corrected chi connectivity index (χ1v) is 33.9. The summed E-state index contributed by atoms with van der Waals surface area (Å²) in [5, 5.41) is 18.0. The van der Waals surface area contributed by atoms with Crippen LogP contribution in [-0.2, 0) is 78.1 Å². The van der Waals surface area contributed by atoms with Gasteiger partial charge in [0.1, 0.15) is 18.1 Å². The molecular weight excluding hydrogens is 1380 g/mol. The number of rotatable bonds is 6. The van der Waals surface area contributed by atoms with Crippen molar-refractivity contribution in [1.29, 1.82) is 0 Å². The molecule has 5 fully saturated rings. The summed E-state index contributed by atoms with van der Waals surface area (Å²) in [6, 6.07) is 15.9. The molecule has 10 aliphatic rings. The molecule has 10 heterocycles. The molecule has 13 rings (SSSR count). The number of hydrogen-bond donors (Lipinski definition) is 6. The van der Waals surface area contributed by atoms with Gasteiger partial charge in [-0.05, 0) is 237 Å². The van der Waals surface area contributed by atoms with Crippen LogP contribution in [0.2, 0.25) is 0 Å². The quantitative estimate of drug-likeness (QED) is 0.0764. The molecule has 0 radical (unpaired) electrons. The first-order chi connectivity index (χ1) is 43.5. The number of hydrogen-bond acceptors (Lipinski definition) is 14. The van der Waals surface area contributed by atoms with Gasteiger partial charge in [0.05, 0.1) is 11.2 Å². The summed E-state index contributed by atoms with van der Waals surface area (Å²) in [4.78, 5) is 113. The fourth-order valence-electron chi connectivity index (χ4n) is 15.9. The van der Waals surface area contributed by atoms with E-state index in [2.05, 4.69) is 189 Å². The smallest absolute Gasteiger partial charge is 0.400 e. The maximum atomic E-state index is 12.9. The van der Waals surface area contributed by atoms with E-state index in [0.29, 0.717) is 61.5 Å². The minimum absolute atomic E-state index is 0. The van der Waals surface area contributed by atoms with Crippen molar-refractivity contribution in [3.8, 4) is 0 Å². The van der Waals surface area contributed by atoms with E-state index in [1.165, 1.54) is 16.6 Å². The molecule has 5 saturated heterocycles. The van der Waals surface area contributed by atoms with Gasteiger partial charge >= 0.3 is 7.12 Å². The van der Waals surface area contributed by atoms with Crippen molar-refractivity contribution >= 4 is 81.8 Å². The number of piperidine rings is 4. The predicted molar refractivity (Wildman–Crippen MR) is 369 cm³/mol. The monoisotopic (exact) mass is 1470 g/mol. The third-order valence-corrected chi connectivity index (χ3v) is 20.3. The minimum atomic E-state index is -0.572. The summed E-state index contributed by atoms with van der Waals surface area (Å²) in [7, 11) is -0.217. The molecule has 10 aliphatic heterocycles. The molecule has 20 nitrogen and oxygen atoms in total. The van der Waals surface area contributed by atoms with Crippen LogP contribution in [0, 0.1) is 7.43 Å². The van der Waals surface area contributed by atoms with Crippen LogP contribution in [0.25, 0.3) is 5.57 Å². The summed E-state index contributed by atoms with van der Waals surface area (Å²) in [6.45, 7) is 36.2. The van der Waals surface area contributed by atoms with Gasteiger partial charge in [0, 0.05) is 114 Å². The van der Waals surface area contributed by atoms with Crippen LogP contribution >= 0.6 is 15.9 Å². The Labute approximate surface area is 589 Å². The Kier molecular flexibility index (Phi) is 21.8. The third kappa shape index (κ3) is 16.8. The average Bonchev–Trinajstić information content (AvgIpc) is 1.50. The maximum Gasteiger partial charge on any atom is 0.490 e. The van der Waals surface area contributed by atoms with Gasteiger partial charge in [0.25, 0.3) is 17.7 Å². The first kappa shape index (κ1) is 75.7. The Hall–Kier alpha value is -6.02. The topological polar surface area (TPSA) is 254 Å². The van der Waals surface area contributed by atoms with Crippen molar-refractivity contribution in [2.45, 2.75) is 263 Å². The second-order valence-corrected chi connectivity index (χ2v) is 33.0. The second-order valence-electron chi connectivity index (χ2n) is 32.1. The molecule has 9 amide bonds. The number of benzene rings is 3. The van der Waals surface area contributed by atoms with Crippen LogP contribution in [0.3, 0.4) is 0 Å². The zero-order valence-electron chi connectivity index (χ0n) is 59.0. The van der Waals surface area contributed by atoms with E-state index in [1.807, 2.05) is 30.3 Å². The first-order valence-electron chi connectivity index (χ1n) is 33.1. The van der Waals surface area contributed by atoms with Crippen molar-refractivity contribution in [3.63, 3.8) is 0 Å². The van der Waals surface area contributed by atoms with Crippen LogP contribution in [0.4, 0.5) is 0 Å². The van der Waals surface area contributed by atoms with Crippen molar-refractivity contribution in [2.75, 3.05) is 0 Å². The molecule has 0 bridgehead atoms. The van der Waals surface area contributed by atoms with Crippen molar-refractivity contribution < 1.29 is 72.9 Å². The van der Waals surface area contributed by atoms with E-state index in [0.717, 1.165) is 52.4 Å². The molecule has 0 aromatic heterocycles. The van der Waals surface area contributed by atoms with E-state index >= 15 is 0 Å². The molecule has 3 aromatic rings. The van der Waals surface area contributed by atoms with Crippen LogP contribution in [0.1, 0.15) is 240 Å². The predicted octanol–water partition coefficient (Wildman–Crippen LogP) is 9.61. The van der Waals surface area contributed by atoms with Crippen molar-refractivity contribution in [1.82, 2.24) is 46.6 Å². The molecule has 23 heteroatoms. The van der Waals surface area contributed by atoms with E-state index < -0.39 is 18.1 Å². The number of fused-ring (bicyclic) bond motifs is 3. The zero-order valence-corrected chi connectivity index (χ0v) is 62.1.